The summed E-state index contributed by atoms with van der Waals surface area (Å²) in [6.07, 6.45) is 1.38. The highest BCUT2D eigenvalue weighted by Gasteiger charge is 2.17. The van der Waals surface area contributed by atoms with E-state index in [-0.39, 0.29) is 17.6 Å². The van der Waals surface area contributed by atoms with E-state index in [0.717, 1.165) is 5.56 Å². The lowest BCUT2D eigenvalue weighted by Gasteiger charge is -2.15. The van der Waals surface area contributed by atoms with Crippen molar-refractivity contribution in [3.8, 4) is 0 Å². The van der Waals surface area contributed by atoms with Gasteiger partial charge in [-0.25, -0.2) is 0 Å². The molecule has 1 atom stereocenters. The van der Waals surface area contributed by atoms with Crippen LogP contribution in [0.3, 0.4) is 0 Å². The van der Waals surface area contributed by atoms with Crippen LogP contribution in [0.2, 0.25) is 10.0 Å². The summed E-state index contributed by atoms with van der Waals surface area (Å²) in [6, 6.07) is 4.84. The normalized spacial score (nSPS) is 12.2. The first-order valence-corrected chi connectivity index (χ1v) is 6.29. The Hall–Kier alpha value is -1.72. The number of amides is 1. The van der Waals surface area contributed by atoms with Crippen LogP contribution in [0, 0.1) is 0 Å². The Morgan fingerprint density at radius 3 is 2.79 bits per heavy atom. The van der Waals surface area contributed by atoms with Gasteiger partial charge in [0.2, 0.25) is 0 Å². The highest BCUT2D eigenvalue weighted by molar-refractivity contribution is 6.35. The van der Waals surface area contributed by atoms with Crippen LogP contribution in [0.5, 0.6) is 0 Å². The number of nitrogen functional groups attached to an aromatic ring is 1. The molecule has 0 saturated heterocycles. The minimum Gasteiger partial charge on any atom is -0.396 e. The lowest BCUT2D eigenvalue weighted by molar-refractivity contribution is 0.0936. The molecule has 19 heavy (non-hydrogen) atoms. The third kappa shape index (κ3) is 3.00. The monoisotopic (exact) mass is 298 g/mol. The fraction of sp³-hybridized carbons (Fsp3) is 0.167. The number of hydrogen-bond donors (Lipinski definition) is 3. The van der Waals surface area contributed by atoms with Gasteiger partial charge in [0.05, 0.1) is 17.9 Å². The van der Waals surface area contributed by atoms with Gasteiger partial charge in [0.1, 0.15) is 5.69 Å². The molecule has 1 aromatic heterocycles. The van der Waals surface area contributed by atoms with Gasteiger partial charge in [-0.1, -0.05) is 29.3 Å². The lowest BCUT2D eigenvalue weighted by Crippen LogP contribution is -2.27. The van der Waals surface area contributed by atoms with Crippen LogP contribution in [0.25, 0.3) is 0 Å². The predicted octanol–water partition coefficient (Wildman–Crippen LogP) is 2.79. The minimum absolute atomic E-state index is 0.233. The number of aromatic nitrogens is 2. The van der Waals surface area contributed by atoms with Crippen molar-refractivity contribution in [1.82, 2.24) is 15.5 Å². The number of H-pyrrole nitrogens is 1. The van der Waals surface area contributed by atoms with Gasteiger partial charge in [0.15, 0.2) is 0 Å². The molecule has 1 aromatic carbocycles. The highest BCUT2D eigenvalue weighted by atomic mass is 35.5. The zero-order valence-corrected chi connectivity index (χ0v) is 11.6. The second-order valence-electron chi connectivity index (χ2n) is 4.06. The number of aromatic amines is 1. The molecule has 0 aliphatic carbocycles. The van der Waals surface area contributed by atoms with E-state index in [4.69, 9.17) is 28.9 Å². The Labute approximate surface area is 120 Å². The van der Waals surface area contributed by atoms with Crippen molar-refractivity contribution in [2.24, 2.45) is 0 Å². The zero-order valence-electron chi connectivity index (χ0n) is 10.1. The number of carbonyl (C=O) groups is 1. The Kier molecular flexibility index (Phi) is 3.97. The fourth-order valence-electron chi connectivity index (χ4n) is 1.68. The van der Waals surface area contributed by atoms with E-state index in [9.17, 15) is 4.79 Å². The summed E-state index contributed by atoms with van der Waals surface area (Å²) in [4.78, 5) is 12.0. The fourth-order valence-corrected chi connectivity index (χ4v) is 2.25. The van der Waals surface area contributed by atoms with Crippen molar-refractivity contribution in [2.45, 2.75) is 13.0 Å². The molecule has 0 aliphatic heterocycles. The minimum atomic E-state index is -0.339. The molecule has 0 spiro atoms. The second kappa shape index (κ2) is 5.50. The summed E-state index contributed by atoms with van der Waals surface area (Å²) >= 11 is 11.9. The average Bonchev–Trinajstić information content (AvgIpc) is 2.75. The molecule has 0 aliphatic rings. The number of nitrogens with one attached hydrogen (secondary N) is 2. The molecule has 0 bridgehead atoms. The van der Waals surface area contributed by atoms with Crippen LogP contribution in [-0.2, 0) is 0 Å². The van der Waals surface area contributed by atoms with Crippen molar-refractivity contribution in [1.29, 1.82) is 0 Å². The third-order valence-electron chi connectivity index (χ3n) is 2.67. The number of hydrogen-bond acceptors (Lipinski definition) is 3. The van der Waals surface area contributed by atoms with Gasteiger partial charge in [-0.2, -0.15) is 5.10 Å². The number of nitrogens with zero attached hydrogens (tertiary/aromatic N) is 1. The number of anilines is 1. The molecular formula is C12H12Cl2N4O. The van der Waals surface area contributed by atoms with Gasteiger partial charge in [-0.15, -0.1) is 0 Å². The number of rotatable bonds is 3. The molecule has 2 aromatic rings. The highest BCUT2D eigenvalue weighted by Crippen LogP contribution is 2.26. The average molecular weight is 299 g/mol. The number of benzene rings is 1. The van der Waals surface area contributed by atoms with E-state index in [2.05, 4.69) is 15.5 Å². The summed E-state index contributed by atoms with van der Waals surface area (Å²) in [5, 5.41) is 10.1. The molecule has 2 rings (SSSR count). The molecule has 100 valence electrons. The van der Waals surface area contributed by atoms with Gasteiger partial charge in [0, 0.05) is 10.0 Å². The number of carbonyl (C=O) groups excluding carboxylic acids is 1. The van der Waals surface area contributed by atoms with E-state index in [1.165, 1.54) is 6.20 Å². The molecule has 5 nitrogen and oxygen atoms in total. The Morgan fingerprint density at radius 1 is 1.47 bits per heavy atom. The maximum atomic E-state index is 12.0. The summed E-state index contributed by atoms with van der Waals surface area (Å²) in [6.45, 7) is 1.82. The molecule has 1 heterocycles. The maximum Gasteiger partial charge on any atom is 0.271 e. The van der Waals surface area contributed by atoms with Crippen LogP contribution in [0.4, 0.5) is 5.69 Å². The topological polar surface area (TPSA) is 83.8 Å². The Bertz CT molecular complexity index is 612. The molecule has 1 amide bonds. The summed E-state index contributed by atoms with van der Waals surface area (Å²) < 4.78 is 0. The third-order valence-corrected chi connectivity index (χ3v) is 3.23. The summed E-state index contributed by atoms with van der Waals surface area (Å²) in [5.74, 6) is -0.339. The first-order valence-electron chi connectivity index (χ1n) is 5.53. The van der Waals surface area contributed by atoms with E-state index in [0.29, 0.717) is 15.7 Å². The molecular weight excluding hydrogens is 287 g/mol. The van der Waals surface area contributed by atoms with E-state index < -0.39 is 0 Å². The van der Waals surface area contributed by atoms with Gasteiger partial charge in [-0.3, -0.25) is 9.89 Å². The number of nitrogens with two attached hydrogens (primary N) is 1. The second-order valence-corrected chi connectivity index (χ2v) is 4.90. The van der Waals surface area contributed by atoms with Gasteiger partial charge in [0.25, 0.3) is 5.91 Å². The first kappa shape index (κ1) is 13.7. The maximum absolute atomic E-state index is 12.0. The summed E-state index contributed by atoms with van der Waals surface area (Å²) in [5.41, 5.74) is 6.91. The lowest BCUT2D eigenvalue weighted by atomic mass is 10.1. The number of halogens is 2. The van der Waals surface area contributed by atoms with Crippen LogP contribution in [-0.4, -0.2) is 16.1 Å². The van der Waals surface area contributed by atoms with E-state index in [1.807, 2.05) is 6.92 Å². The molecule has 0 fully saturated rings. The molecule has 7 heteroatoms. The van der Waals surface area contributed by atoms with Crippen molar-refractivity contribution < 1.29 is 4.79 Å². The van der Waals surface area contributed by atoms with Crippen molar-refractivity contribution in [3.05, 3.63) is 45.7 Å². The van der Waals surface area contributed by atoms with Gasteiger partial charge in [-0.05, 0) is 24.6 Å². The largest absolute Gasteiger partial charge is 0.396 e. The van der Waals surface area contributed by atoms with Crippen LogP contribution < -0.4 is 11.1 Å². The summed E-state index contributed by atoms with van der Waals surface area (Å²) in [7, 11) is 0. The Morgan fingerprint density at radius 2 is 2.21 bits per heavy atom. The van der Waals surface area contributed by atoms with Gasteiger partial charge >= 0.3 is 0 Å². The molecule has 1 unspecified atom stereocenters. The Balaban J connectivity index is 2.15. The van der Waals surface area contributed by atoms with Crippen LogP contribution in [0.1, 0.15) is 29.0 Å². The van der Waals surface area contributed by atoms with Crippen molar-refractivity contribution in [2.75, 3.05) is 5.73 Å². The SMILES string of the molecule is CC(NC(=O)c1[nH]ncc1N)c1ccc(Cl)cc1Cl. The predicted molar refractivity (Wildman–Crippen MR) is 75.3 cm³/mol. The van der Waals surface area contributed by atoms with Gasteiger partial charge < -0.3 is 11.1 Å². The molecule has 0 radical (unpaired) electrons. The van der Waals surface area contributed by atoms with Crippen molar-refractivity contribution >= 4 is 34.8 Å². The van der Waals surface area contributed by atoms with Crippen LogP contribution >= 0.6 is 23.2 Å². The van der Waals surface area contributed by atoms with E-state index in [1.54, 1.807) is 18.2 Å². The first-order chi connectivity index (χ1) is 8.99. The standard InChI is InChI=1S/C12H12Cl2N4O/c1-6(8-3-2-7(13)4-9(8)14)17-12(19)11-10(15)5-16-18-11/h2-6H,15H2,1H3,(H,16,18)(H,17,19). The van der Waals surface area contributed by atoms with Crippen LogP contribution in [0.15, 0.2) is 24.4 Å². The quantitative estimate of drug-likeness (QED) is 0.814. The molecule has 4 N–H and O–H groups in total. The zero-order chi connectivity index (χ0) is 14.0. The molecule has 0 saturated carbocycles. The smallest absolute Gasteiger partial charge is 0.271 e. The van der Waals surface area contributed by atoms with Crippen molar-refractivity contribution in [3.63, 3.8) is 0 Å². The van der Waals surface area contributed by atoms with E-state index >= 15 is 0 Å².